The summed E-state index contributed by atoms with van der Waals surface area (Å²) in [5.74, 6) is 1.44. The summed E-state index contributed by atoms with van der Waals surface area (Å²) in [5, 5.41) is 14.0. The summed E-state index contributed by atoms with van der Waals surface area (Å²) < 4.78 is 13.7. The second-order valence-corrected chi connectivity index (χ2v) is 10.7. The van der Waals surface area contributed by atoms with Crippen molar-refractivity contribution in [2.75, 3.05) is 13.2 Å². The summed E-state index contributed by atoms with van der Waals surface area (Å²) in [6.45, 7) is 12.3. The van der Waals surface area contributed by atoms with E-state index >= 15 is 0 Å². The van der Waals surface area contributed by atoms with Crippen LogP contribution in [0.3, 0.4) is 0 Å². The Balaban J connectivity index is 1.71. The third kappa shape index (κ3) is 5.10. The number of hydrogen-bond acceptors (Lipinski definition) is 7. The Morgan fingerprint density at radius 3 is 2.76 bits per heavy atom. The minimum Gasteiger partial charge on any atom is -0.468 e. The van der Waals surface area contributed by atoms with E-state index in [0.717, 1.165) is 48.1 Å². The van der Waals surface area contributed by atoms with Gasteiger partial charge in [-0.15, -0.1) is 5.10 Å². The zero-order chi connectivity index (χ0) is 26.2. The van der Waals surface area contributed by atoms with Crippen LogP contribution in [-0.4, -0.2) is 49.3 Å². The van der Waals surface area contributed by atoms with Crippen molar-refractivity contribution in [3.63, 3.8) is 0 Å². The van der Waals surface area contributed by atoms with E-state index in [1.807, 2.05) is 28.9 Å². The van der Waals surface area contributed by atoms with E-state index in [2.05, 4.69) is 66.1 Å². The van der Waals surface area contributed by atoms with Gasteiger partial charge >= 0.3 is 0 Å². The SMILES string of the molecule is CCC(C)(C)n1nnnc1[C@H](c1cc2cc(C)c(C)cc2[nH]c1=O)N(Cc1ccco1)C[C@H]1CCCO1. The summed E-state index contributed by atoms with van der Waals surface area (Å²) in [7, 11) is 0. The Bertz CT molecular complexity index is 1420. The van der Waals surface area contributed by atoms with Crippen molar-refractivity contribution in [1.82, 2.24) is 30.1 Å². The maximum atomic E-state index is 13.7. The maximum absolute atomic E-state index is 13.7. The Morgan fingerprint density at radius 1 is 1.24 bits per heavy atom. The first kappa shape index (κ1) is 25.4. The normalized spacial score (nSPS) is 17.2. The van der Waals surface area contributed by atoms with Gasteiger partial charge in [-0.25, -0.2) is 4.68 Å². The van der Waals surface area contributed by atoms with Crippen LogP contribution in [0.2, 0.25) is 0 Å². The fraction of sp³-hybridized carbons (Fsp3) is 0.500. The van der Waals surface area contributed by atoms with Crippen LogP contribution >= 0.6 is 0 Å². The Hall–Kier alpha value is -3.30. The Labute approximate surface area is 216 Å². The molecule has 9 nitrogen and oxygen atoms in total. The number of H-pyrrole nitrogens is 1. The number of nitrogens with zero attached hydrogens (tertiary/aromatic N) is 5. The molecule has 3 aromatic heterocycles. The molecule has 0 radical (unpaired) electrons. The van der Waals surface area contributed by atoms with Crippen LogP contribution in [0.25, 0.3) is 10.9 Å². The van der Waals surface area contributed by atoms with Gasteiger partial charge in [0.25, 0.3) is 5.56 Å². The average Bonchev–Trinajstić information content (AvgIpc) is 3.64. The summed E-state index contributed by atoms with van der Waals surface area (Å²) in [5.41, 5.74) is 3.24. The number of aromatic amines is 1. The Morgan fingerprint density at radius 2 is 2.05 bits per heavy atom. The van der Waals surface area contributed by atoms with E-state index in [0.29, 0.717) is 24.5 Å². The maximum Gasteiger partial charge on any atom is 0.253 e. The van der Waals surface area contributed by atoms with E-state index in [4.69, 9.17) is 9.15 Å². The van der Waals surface area contributed by atoms with Crippen LogP contribution in [-0.2, 0) is 16.8 Å². The number of ether oxygens (including phenoxy) is 1. The van der Waals surface area contributed by atoms with Gasteiger partial charge in [0, 0.05) is 24.2 Å². The quantitative estimate of drug-likeness (QED) is 0.354. The van der Waals surface area contributed by atoms with Gasteiger partial charge in [0.05, 0.1) is 24.5 Å². The number of benzene rings is 1. The fourth-order valence-corrected chi connectivity index (χ4v) is 5.06. The summed E-state index contributed by atoms with van der Waals surface area (Å²) >= 11 is 0. The molecule has 1 fully saturated rings. The molecule has 1 aromatic carbocycles. The molecule has 5 rings (SSSR count). The lowest BCUT2D eigenvalue weighted by atomic mass is 9.98. The molecule has 37 heavy (non-hydrogen) atoms. The first-order valence-corrected chi connectivity index (χ1v) is 13.1. The first-order valence-electron chi connectivity index (χ1n) is 13.1. The number of aromatic nitrogens is 5. The number of tetrazole rings is 1. The van der Waals surface area contributed by atoms with E-state index in [1.165, 1.54) is 5.56 Å². The van der Waals surface area contributed by atoms with Crippen LogP contribution in [0.15, 0.2) is 45.8 Å². The topological polar surface area (TPSA) is 102 Å². The van der Waals surface area contributed by atoms with Crippen LogP contribution in [0.5, 0.6) is 0 Å². The van der Waals surface area contributed by atoms with E-state index in [1.54, 1.807) is 6.26 Å². The van der Waals surface area contributed by atoms with Gasteiger partial charge in [-0.3, -0.25) is 9.69 Å². The van der Waals surface area contributed by atoms with Crippen molar-refractivity contribution >= 4 is 10.9 Å². The van der Waals surface area contributed by atoms with Crippen molar-refractivity contribution in [2.24, 2.45) is 0 Å². The molecule has 1 N–H and O–H groups in total. The molecule has 1 aliphatic heterocycles. The zero-order valence-corrected chi connectivity index (χ0v) is 22.3. The number of furan rings is 1. The molecule has 0 unspecified atom stereocenters. The molecule has 4 heterocycles. The number of pyridine rings is 1. The standard InChI is InChI=1S/C28H36N6O3/c1-6-28(4,5)34-26(30-31-32-34)25(23-15-20-13-18(2)19(3)14-24(20)29-27(23)35)33(16-21-9-7-11-36-21)17-22-10-8-12-37-22/h7,9,11,13-15,22,25H,6,8,10,12,16-17H2,1-5H3,(H,29,35)/t22-,25+/m1/s1. The number of nitrogens with one attached hydrogen (secondary N) is 1. The van der Waals surface area contributed by atoms with Gasteiger partial charge in [-0.05, 0) is 104 Å². The first-order chi connectivity index (χ1) is 17.8. The second-order valence-electron chi connectivity index (χ2n) is 10.7. The van der Waals surface area contributed by atoms with Crippen molar-refractivity contribution in [3.8, 4) is 0 Å². The van der Waals surface area contributed by atoms with Crippen molar-refractivity contribution in [1.29, 1.82) is 0 Å². The lowest BCUT2D eigenvalue weighted by Gasteiger charge is -2.34. The molecular formula is C28H36N6O3. The van der Waals surface area contributed by atoms with Gasteiger partial charge in [0.1, 0.15) is 11.8 Å². The third-order valence-corrected chi connectivity index (χ3v) is 7.72. The summed E-state index contributed by atoms with van der Waals surface area (Å²) in [6, 6.07) is 9.47. The molecule has 196 valence electrons. The predicted octanol–water partition coefficient (Wildman–Crippen LogP) is 4.64. The minimum absolute atomic E-state index is 0.0606. The largest absolute Gasteiger partial charge is 0.468 e. The monoisotopic (exact) mass is 504 g/mol. The molecule has 0 saturated carbocycles. The van der Waals surface area contributed by atoms with Gasteiger partial charge in [-0.1, -0.05) is 6.92 Å². The average molecular weight is 505 g/mol. The fourth-order valence-electron chi connectivity index (χ4n) is 5.06. The lowest BCUT2D eigenvalue weighted by Crippen LogP contribution is -2.41. The molecule has 1 aliphatic rings. The lowest BCUT2D eigenvalue weighted by molar-refractivity contribution is 0.0534. The van der Waals surface area contributed by atoms with Crippen molar-refractivity contribution in [2.45, 2.75) is 78.1 Å². The Kier molecular flexibility index (Phi) is 7.00. The molecule has 2 atom stereocenters. The molecule has 0 bridgehead atoms. The van der Waals surface area contributed by atoms with Gasteiger partial charge in [-0.2, -0.15) is 0 Å². The number of fused-ring (bicyclic) bond motifs is 1. The summed E-state index contributed by atoms with van der Waals surface area (Å²) in [6.07, 6.45) is 4.56. The zero-order valence-electron chi connectivity index (χ0n) is 22.3. The van der Waals surface area contributed by atoms with Gasteiger partial charge in [0.15, 0.2) is 5.82 Å². The van der Waals surface area contributed by atoms with Crippen LogP contribution in [0, 0.1) is 13.8 Å². The number of aryl methyl sites for hydroxylation is 2. The molecule has 1 saturated heterocycles. The summed E-state index contributed by atoms with van der Waals surface area (Å²) in [4.78, 5) is 19.1. The van der Waals surface area contributed by atoms with Gasteiger partial charge < -0.3 is 14.1 Å². The van der Waals surface area contributed by atoms with Crippen molar-refractivity contribution in [3.05, 3.63) is 75.2 Å². The number of rotatable bonds is 9. The minimum atomic E-state index is -0.509. The highest BCUT2D eigenvalue weighted by atomic mass is 16.5. The second kappa shape index (κ2) is 10.2. The van der Waals surface area contributed by atoms with Crippen LogP contribution < -0.4 is 5.56 Å². The molecule has 9 heteroatoms. The third-order valence-electron chi connectivity index (χ3n) is 7.72. The highest BCUT2D eigenvalue weighted by Crippen LogP contribution is 2.33. The smallest absolute Gasteiger partial charge is 0.253 e. The predicted molar refractivity (Wildman–Crippen MR) is 141 cm³/mol. The van der Waals surface area contributed by atoms with Crippen molar-refractivity contribution < 1.29 is 9.15 Å². The number of hydrogen-bond donors (Lipinski definition) is 1. The van der Waals surface area contributed by atoms with E-state index in [9.17, 15) is 4.79 Å². The molecule has 0 aliphatic carbocycles. The molecular weight excluding hydrogens is 468 g/mol. The highest BCUT2D eigenvalue weighted by molar-refractivity contribution is 5.81. The van der Waals surface area contributed by atoms with E-state index < -0.39 is 6.04 Å². The molecule has 4 aromatic rings. The van der Waals surface area contributed by atoms with Crippen LogP contribution in [0.4, 0.5) is 0 Å². The molecule has 0 spiro atoms. The van der Waals surface area contributed by atoms with E-state index in [-0.39, 0.29) is 17.2 Å². The van der Waals surface area contributed by atoms with Crippen LogP contribution in [0.1, 0.15) is 74.4 Å². The highest BCUT2D eigenvalue weighted by Gasteiger charge is 2.36. The van der Waals surface area contributed by atoms with Gasteiger partial charge in [0.2, 0.25) is 0 Å². The molecule has 0 amide bonds.